The fourth-order valence-electron chi connectivity index (χ4n) is 1.88. The summed E-state index contributed by atoms with van der Waals surface area (Å²) in [4.78, 5) is 11.4. The molecule has 0 saturated heterocycles. The van der Waals surface area contributed by atoms with Gasteiger partial charge in [-0.3, -0.25) is 0 Å². The highest BCUT2D eigenvalue weighted by Crippen LogP contribution is 2.16. The van der Waals surface area contributed by atoms with Crippen molar-refractivity contribution in [2.75, 3.05) is 25.6 Å². The van der Waals surface area contributed by atoms with Crippen LogP contribution in [0.3, 0.4) is 0 Å². The summed E-state index contributed by atoms with van der Waals surface area (Å²) in [6.07, 6.45) is 5.96. The van der Waals surface area contributed by atoms with Crippen molar-refractivity contribution in [1.29, 1.82) is 0 Å². The standard InChI is InChI=1S/C11H21ClN2O2/c12-6-8-16-9-7-13-11(15)14-10-4-2-1-3-5-10/h10H,1-9H2,(H2,13,14,15). The van der Waals surface area contributed by atoms with E-state index in [1.54, 1.807) is 0 Å². The molecule has 4 nitrogen and oxygen atoms in total. The highest BCUT2D eigenvalue weighted by molar-refractivity contribution is 6.17. The van der Waals surface area contributed by atoms with Crippen LogP contribution in [0.15, 0.2) is 0 Å². The first-order valence-electron chi connectivity index (χ1n) is 6.01. The third-order valence-electron chi connectivity index (χ3n) is 2.69. The first-order valence-corrected chi connectivity index (χ1v) is 6.54. The summed E-state index contributed by atoms with van der Waals surface area (Å²) >= 11 is 5.45. The van der Waals surface area contributed by atoms with Crippen LogP contribution in [-0.4, -0.2) is 37.7 Å². The topological polar surface area (TPSA) is 50.4 Å². The third-order valence-corrected chi connectivity index (χ3v) is 2.85. The molecule has 0 aromatic carbocycles. The van der Waals surface area contributed by atoms with Gasteiger partial charge in [-0.25, -0.2) is 4.79 Å². The Balaban J connectivity index is 1.97. The molecule has 5 heteroatoms. The van der Waals surface area contributed by atoms with Crippen LogP contribution in [0, 0.1) is 0 Å². The van der Waals surface area contributed by atoms with Crippen LogP contribution in [-0.2, 0) is 4.74 Å². The molecule has 0 bridgehead atoms. The molecule has 0 aliphatic heterocycles. The van der Waals surface area contributed by atoms with Crippen LogP contribution in [0.1, 0.15) is 32.1 Å². The Morgan fingerprint density at radius 3 is 2.69 bits per heavy atom. The summed E-state index contributed by atoms with van der Waals surface area (Å²) in [5.74, 6) is 0.494. The molecule has 0 radical (unpaired) electrons. The van der Waals surface area contributed by atoms with Crippen molar-refractivity contribution in [1.82, 2.24) is 10.6 Å². The average Bonchev–Trinajstić information content (AvgIpc) is 2.30. The van der Waals surface area contributed by atoms with Crippen LogP contribution < -0.4 is 10.6 Å². The number of rotatable bonds is 6. The zero-order chi connectivity index (χ0) is 11.6. The maximum Gasteiger partial charge on any atom is 0.315 e. The van der Waals surface area contributed by atoms with E-state index in [9.17, 15) is 4.79 Å². The Kier molecular flexibility index (Phi) is 7.34. The zero-order valence-electron chi connectivity index (χ0n) is 9.64. The van der Waals surface area contributed by atoms with Gasteiger partial charge in [-0.2, -0.15) is 0 Å². The molecular weight excluding hydrogens is 228 g/mol. The van der Waals surface area contributed by atoms with Gasteiger partial charge in [0.2, 0.25) is 0 Å². The molecule has 2 amide bonds. The van der Waals surface area contributed by atoms with Crippen molar-refractivity contribution < 1.29 is 9.53 Å². The van der Waals surface area contributed by atoms with Gasteiger partial charge in [0.25, 0.3) is 0 Å². The van der Waals surface area contributed by atoms with Gasteiger partial charge in [0.1, 0.15) is 0 Å². The number of alkyl halides is 1. The van der Waals surface area contributed by atoms with Gasteiger partial charge in [0.15, 0.2) is 0 Å². The lowest BCUT2D eigenvalue weighted by atomic mass is 9.96. The Morgan fingerprint density at radius 1 is 1.25 bits per heavy atom. The second-order valence-electron chi connectivity index (χ2n) is 4.04. The Labute approximate surface area is 102 Å². The molecule has 0 heterocycles. The summed E-state index contributed by atoms with van der Waals surface area (Å²) in [5, 5.41) is 5.75. The summed E-state index contributed by atoms with van der Waals surface area (Å²) in [5.41, 5.74) is 0. The van der Waals surface area contributed by atoms with E-state index in [0.29, 0.717) is 31.7 Å². The molecule has 16 heavy (non-hydrogen) atoms. The quantitative estimate of drug-likeness (QED) is 0.557. The molecule has 1 fully saturated rings. The lowest BCUT2D eigenvalue weighted by Gasteiger charge is -2.22. The molecule has 1 aliphatic carbocycles. The van der Waals surface area contributed by atoms with Gasteiger partial charge in [-0.1, -0.05) is 19.3 Å². The van der Waals surface area contributed by atoms with Crippen molar-refractivity contribution in [3.63, 3.8) is 0 Å². The van der Waals surface area contributed by atoms with Gasteiger partial charge < -0.3 is 15.4 Å². The van der Waals surface area contributed by atoms with Crippen LogP contribution in [0.2, 0.25) is 0 Å². The fourth-order valence-corrected chi connectivity index (χ4v) is 1.99. The number of nitrogens with one attached hydrogen (secondary N) is 2. The molecule has 1 rings (SSSR count). The van der Waals surface area contributed by atoms with E-state index in [1.165, 1.54) is 19.3 Å². The lowest BCUT2D eigenvalue weighted by molar-refractivity contribution is 0.150. The third kappa shape index (κ3) is 6.18. The minimum atomic E-state index is -0.0821. The van der Waals surface area contributed by atoms with Crippen molar-refractivity contribution in [2.45, 2.75) is 38.1 Å². The SMILES string of the molecule is O=C(NCCOCCCl)NC1CCCCC1. The molecule has 94 valence electrons. The van der Waals surface area contributed by atoms with Gasteiger partial charge >= 0.3 is 6.03 Å². The first-order chi connectivity index (χ1) is 7.83. The van der Waals surface area contributed by atoms with Crippen LogP contribution >= 0.6 is 11.6 Å². The number of urea groups is 1. The maximum absolute atomic E-state index is 11.4. The molecule has 0 atom stereocenters. The largest absolute Gasteiger partial charge is 0.378 e. The lowest BCUT2D eigenvalue weighted by Crippen LogP contribution is -2.43. The van der Waals surface area contributed by atoms with Gasteiger partial charge in [-0.05, 0) is 12.8 Å². The van der Waals surface area contributed by atoms with Crippen molar-refractivity contribution in [2.24, 2.45) is 0 Å². The molecule has 2 N–H and O–H groups in total. The second-order valence-corrected chi connectivity index (χ2v) is 4.41. The minimum Gasteiger partial charge on any atom is -0.378 e. The van der Waals surface area contributed by atoms with Crippen molar-refractivity contribution >= 4 is 17.6 Å². The van der Waals surface area contributed by atoms with Crippen LogP contribution in [0.25, 0.3) is 0 Å². The fraction of sp³-hybridized carbons (Fsp3) is 0.909. The molecular formula is C11H21ClN2O2. The number of hydrogen-bond acceptors (Lipinski definition) is 2. The molecule has 0 spiro atoms. The predicted octanol–water partition coefficient (Wildman–Crippen LogP) is 1.87. The van der Waals surface area contributed by atoms with E-state index in [4.69, 9.17) is 16.3 Å². The summed E-state index contributed by atoms with van der Waals surface area (Å²) < 4.78 is 5.15. The highest BCUT2D eigenvalue weighted by atomic mass is 35.5. The van der Waals surface area contributed by atoms with Crippen molar-refractivity contribution in [3.8, 4) is 0 Å². The normalized spacial score (nSPS) is 17.1. The molecule has 0 aromatic rings. The Hall–Kier alpha value is -0.480. The predicted molar refractivity (Wildman–Crippen MR) is 64.9 cm³/mol. The second kappa shape index (κ2) is 8.65. The van der Waals surface area contributed by atoms with E-state index in [1.807, 2.05) is 0 Å². The Morgan fingerprint density at radius 2 is 2.00 bits per heavy atom. The maximum atomic E-state index is 11.4. The van der Waals surface area contributed by atoms with Gasteiger partial charge in [-0.15, -0.1) is 11.6 Å². The molecule has 0 aromatic heterocycles. The Bertz CT molecular complexity index is 196. The summed E-state index contributed by atoms with van der Waals surface area (Å²) in [6, 6.07) is 0.277. The van der Waals surface area contributed by atoms with Gasteiger partial charge in [0, 0.05) is 18.5 Å². The smallest absolute Gasteiger partial charge is 0.315 e. The molecule has 1 aliphatic rings. The van der Waals surface area contributed by atoms with E-state index < -0.39 is 0 Å². The van der Waals surface area contributed by atoms with Crippen LogP contribution in [0.5, 0.6) is 0 Å². The number of carbonyl (C=O) groups is 1. The van der Waals surface area contributed by atoms with E-state index in [2.05, 4.69) is 10.6 Å². The summed E-state index contributed by atoms with van der Waals surface area (Å²) in [6.45, 7) is 1.59. The molecule has 1 saturated carbocycles. The number of carbonyl (C=O) groups excluding carboxylic acids is 1. The monoisotopic (exact) mass is 248 g/mol. The average molecular weight is 249 g/mol. The van der Waals surface area contributed by atoms with E-state index in [0.717, 1.165) is 12.8 Å². The highest BCUT2D eigenvalue weighted by Gasteiger charge is 2.14. The number of halogens is 1. The van der Waals surface area contributed by atoms with E-state index in [-0.39, 0.29) is 6.03 Å². The zero-order valence-corrected chi connectivity index (χ0v) is 10.4. The van der Waals surface area contributed by atoms with Crippen molar-refractivity contribution in [3.05, 3.63) is 0 Å². The number of amides is 2. The number of hydrogen-bond donors (Lipinski definition) is 2. The van der Waals surface area contributed by atoms with E-state index >= 15 is 0 Å². The molecule has 0 unspecified atom stereocenters. The van der Waals surface area contributed by atoms with Gasteiger partial charge in [0.05, 0.1) is 13.2 Å². The minimum absolute atomic E-state index is 0.0821. The van der Waals surface area contributed by atoms with Crippen LogP contribution in [0.4, 0.5) is 4.79 Å². The first kappa shape index (κ1) is 13.6. The number of ether oxygens (including phenoxy) is 1. The summed E-state index contributed by atoms with van der Waals surface area (Å²) in [7, 11) is 0.